The van der Waals surface area contributed by atoms with Crippen LogP contribution in [0.2, 0.25) is 5.02 Å². The van der Waals surface area contributed by atoms with Crippen LogP contribution in [0.5, 0.6) is 0 Å². The van der Waals surface area contributed by atoms with E-state index in [-0.39, 0.29) is 0 Å². The number of nitrogens with zero attached hydrogens (tertiary/aromatic N) is 1. The second kappa shape index (κ2) is 5.00. The van der Waals surface area contributed by atoms with E-state index in [4.69, 9.17) is 11.6 Å². The number of hydrogen-bond acceptors (Lipinski definition) is 1. The van der Waals surface area contributed by atoms with Crippen LogP contribution < -0.4 is 0 Å². The molecule has 1 nitrogen and oxygen atoms in total. The predicted octanol–water partition coefficient (Wildman–Crippen LogP) is 3.89. The van der Waals surface area contributed by atoms with Gasteiger partial charge in [-0.1, -0.05) is 30.2 Å². The van der Waals surface area contributed by atoms with Crippen LogP contribution >= 0.6 is 11.6 Å². The van der Waals surface area contributed by atoms with Gasteiger partial charge in [0, 0.05) is 11.1 Å². The summed E-state index contributed by atoms with van der Waals surface area (Å²) in [6.45, 7) is 4.77. The average Bonchev–Trinajstić information content (AvgIpc) is 2.30. The maximum Gasteiger partial charge on any atom is 0.0406 e. The lowest BCUT2D eigenvalue weighted by molar-refractivity contribution is 0.175. The Balaban J connectivity index is 2.05. The van der Waals surface area contributed by atoms with Crippen molar-refractivity contribution in [1.29, 1.82) is 0 Å². The normalized spacial score (nSPS) is 20.1. The zero-order chi connectivity index (χ0) is 10.7. The Kier molecular flexibility index (Phi) is 3.66. The van der Waals surface area contributed by atoms with Crippen molar-refractivity contribution in [3.05, 3.63) is 34.9 Å². The number of halogens is 1. The molecule has 2 rings (SSSR count). The number of hydrogen-bond donors (Lipinski definition) is 0. The fourth-order valence-corrected chi connectivity index (χ4v) is 2.38. The van der Waals surface area contributed by atoms with Gasteiger partial charge in [0.2, 0.25) is 0 Å². The van der Waals surface area contributed by atoms with E-state index in [2.05, 4.69) is 24.0 Å². The van der Waals surface area contributed by atoms with Gasteiger partial charge in [0.25, 0.3) is 0 Å². The van der Waals surface area contributed by atoms with Crippen LogP contribution in [0.25, 0.3) is 0 Å². The van der Waals surface area contributed by atoms with Crippen molar-refractivity contribution >= 4 is 11.6 Å². The molecule has 0 radical (unpaired) electrons. The molecule has 1 atom stereocenters. The Morgan fingerprint density at radius 2 is 1.67 bits per heavy atom. The lowest BCUT2D eigenvalue weighted by atomic mass is 10.0. The van der Waals surface area contributed by atoms with Crippen LogP contribution in [-0.4, -0.2) is 18.0 Å². The maximum atomic E-state index is 5.89. The molecule has 1 aromatic carbocycles. The summed E-state index contributed by atoms with van der Waals surface area (Å²) < 4.78 is 0. The molecule has 2 heteroatoms. The van der Waals surface area contributed by atoms with E-state index in [1.165, 1.54) is 37.9 Å². The van der Waals surface area contributed by atoms with Crippen LogP contribution in [0, 0.1) is 0 Å². The molecule has 0 bridgehead atoms. The third kappa shape index (κ3) is 2.73. The first kappa shape index (κ1) is 11.0. The van der Waals surface area contributed by atoms with Crippen molar-refractivity contribution in [2.45, 2.75) is 32.2 Å². The molecule has 1 fully saturated rings. The molecule has 0 aliphatic carbocycles. The van der Waals surface area contributed by atoms with E-state index in [1.54, 1.807) is 0 Å². The minimum Gasteiger partial charge on any atom is -0.297 e. The summed E-state index contributed by atoms with van der Waals surface area (Å²) in [7, 11) is 0. The van der Waals surface area contributed by atoms with Crippen molar-refractivity contribution in [3.8, 4) is 0 Å². The summed E-state index contributed by atoms with van der Waals surface area (Å²) in [6, 6.07) is 8.78. The molecule has 0 spiro atoms. The number of benzene rings is 1. The standard InChI is InChI=1S/C13H18ClN/c1-11(15-9-3-2-4-10-15)12-5-7-13(14)8-6-12/h5-8,11H,2-4,9-10H2,1H3/t11-/m1/s1. The first-order valence-corrected chi connectivity index (χ1v) is 6.14. The Morgan fingerprint density at radius 1 is 1.07 bits per heavy atom. The molecule has 0 N–H and O–H groups in total. The van der Waals surface area contributed by atoms with Crippen molar-refractivity contribution in [1.82, 2.24) is 4.90 Å². The molecule has 1 aliphatic heterocycles. The molecule has 0 aromatic heterocycles. The van der Waals surface area contributed by atoms with Gasteiger partial charge < -0.3 is 0 Å². The van der Waals surface area contributed by atoms with Gasteiger partial charge in [0.05, 0.1) is 0 Å². The van der Waals surface area contributed by atoms with Crippen LogP contribution in [0.15, 0.2) is 24.3 Å². The van der Waals surface area contributed by atoms with E-state index in [0.29, 0.717) is 6.04 Å². The Hall–Kier alpha value is -0.530. The lowest BCUT2D eigenvalue weighted by Gasteiger charge is -2.32. The molecule has 0 saturated carbocycles. The first-order chi connectivity index (χ1) is 7.27. The van der Waals surface area contributed by atoms with E-state index in [0.717, 1.165) is 5.02 Å². The van der Waals surface area contributed by atoms with Gasteiger partial charge in [-0.3, -0.25) is 4.90 Å². The van der Waals surface area contributed by atoms with Gasteiger partial charge in [-0.25, -0.2) is 0 Å². The van der Waals surface area contributed by atoms with Crippen molar-refractivity contribution < 1.29 is 0 Å². The quantitative estimate of drug-likeness (QED) is 0.736. The third-order valence-electron chi connectivity index (χ3n) is 3.29. The van der Waals surface area contributed by atoms with Gasteiger partial charge in [-0.15, -0.1) is 0 Å². The van der Waals surface area contributed by atoms with Crippen LogP contribution in [0.3, 0.4) is 0 Å². The highest BCUT2D eigenvalue weighted by Gasteiger charge is 2.17. The lowest BCUT2D eigenvalue weighted by Crippen LogP contribution is -2.32. The second-order valence-corrected chi connectivity index (χ2v) is 4.76. The average molecular weight is 224 g/mol. The summed E-state index contributed by atoms with van der Waals surface area (Å²) in [6.07, 6.45) is 4.08. The molecule has 15 heavy (non-hydrogen) atoms. The van der Waals surface area contributed by atoms with Gasteiger partial charge in [0.15, 0.2) is 0 Å². The van der Waals surface area contributed by atoms with Gasteiger partial charge in [-0.2, -0.15) is 0 Å². The van der Waals surface area contributed by atoms with E-state index < -0.39 is 0 Å². The summed E-state index contributed by atoms with van der Waals surface area (Å²) in [5.41, 5.74) is 1.38. The fourth-order valence-electron chi connectivity index (χ4n) is 2.26. The smallest absolute Gasteiger partial charge is 0.0406 e. The molecule has 1 aliphatic rings. The van der Waals surface area contributed by atoms with Gasteiger partial charge in [0.1, 0.15) is 0 Å². The Labute approximate surface area is 97.0 Å². The molecule has 1 saturated heterocycles. The Morgan fingerprint density at radius 3 is 2.27 bits per heavy atom. The highest BCUT2D eigenvalue weighted by molar-refractivity contribution is 6.30. The largest absolute Gasteiger partial charge is 0.297 e. The van der Waals surface area contributed by atoms with Crippen molar-refractivity contribution in [3.63, 3.8) is 0 Å². The van der Waals surface area contributed by atoms with Crippen molar-refractivity contribution in [2.75, 3.05) is 13.1 Å². The number of likely N-dealkylation sites (tertiary alicyclic amines) is 1. The molecular weight excluding hydrogens is 206 g/mol. The summed E-state index contributed by atoms with van der Waals surface area (Å²) in [4.78, 5) is 2.56. The van der Waals surface area contributed by atoms with Gasteiger partial charge >= 0.3 is 0 Å². The first-order valence-electron chi connectivity index (χ1n) is 5.77. The van der Waals surface area contributed by atoms with E-state index in [1.807, 2.05) is 12.1 Å². The molecule has 82 valence electrons. The summed E-state index contributed by atoms with van der Waals surface area (Å²) in [5.74, 6) is 0. The van der Waals surface area contributed by atoms with Gasteiger partial charge in [-0.05, 0) is 50.6 Å². The monoisotopic (exact) mass is 223 g/mol. The predicted molar refractivity (Wildman–Crippen MR) is 65.3 cm³/mol. The van der Waals surface area contributed by atoms with E-state index >= 15 is 0 Å². The third-order valence-corrected chi connectivity index (χ3v) is 3.54. The number of rotatable bonds is 2. The highest BCUT2D eigenvalue weighted by atomic mass is 35.5. The van der Waals surface area contributed by atoms with Crippen LogP contribution in [-0.2, 0) is 0 Å². The minimum absolute atomic E-state index is 0.530. The second-order valence-electron chi connectivity index (χ2n) is 4.32. The van der Waals surface area contributed by atoms with Crippen molar-refractivity contribution in [2.24, 2.45) is 0 Å². The fraction of sp³-hybridized carbons (Fsp3) is 0.538. The topological polar surface area (TPSA) is 3.24 Å². The Bertz CT molecular complexity index is 301. The highest BCUT2D eigenvalue weighted by Crippen LogP contribution is 2.24. The van der Waals surface area contributed by atoms with Crippen LogP contribution in [0.4, 0.5) is 0 Å². The zero-order valence-electron chi connectivity index (χ0n) is 9.25. The molecule has 1 heterocycles. The zero-order valence-corrected chi connectivity index (χ0v) is 10.0. The minimum atomic E-state index is 0.530. The molecule has 0 amide bonds. The molecule has 1 aromatic rings. The summed E-state index contributed by atoms with van der Waals surface area (Å²) >= 11 is 5.89. The SMILES string of the molecule is C[C@H](c1ccc(Cl)cc1)N1CCCCC1. The molecule has 0 unspecified atom stereocenters. The summed E-state index contributed by atoms with van der Waals surface area (Å²) in [5, 5.41) is 0.824. The molecular formula is C13H18ClN. The maximum absolute atomic E-state index is 5.89. The van der Waals surface area contributed by atoms with E-state index in [9.17, 15) is 0 Å². The van der Waals surface area contributed by atoms with Crippen LogP contribution in [0.1, 0.15) is 37.8 Å². The number of piperidine rings is 1.